The molecule has 0 unspecified atom stereocenters. The lowest BCUT2D eigenvalue weighted by Gasteiger charge is -2.11. The van der Waals surface area contributed by atoms with Crippen molar-refractivity contribution in [3.63, 3.8) is 0 Å². The number of nitrogens with one attached hydrogen (secondary N) is 1. The molecule has 4 heteroatoms. The molecule has 19 heavy (non-hydrogen) atoms. The van der Waals surface area contributed by atoms with E-state index in [-0.39, 0.29) is 0 Å². The molecule has 0 aromatic heterocycles. The summed E-state index contributed by atoms with van der Waals surface area (Å²) in [5.74, 6) is 1.60. The lowest BCUT2D eigenvalue weighted by Crippen LogP contribution is -2.01. The summed E-state index contributed by atoms with van der Waals surface area (Å²) in [7, 11) is 0. The van der Waals surface area contributed by atoms with Gasteiger partial charge in [0.2, 0.25) is 6.79 Å². The highest BCUT2D eigenvalue weighted by Crippen LogP contribution is 2.33. The molecule has 3 nitrogen and oxygen atoms in total. The smallest absolute Gasteiger partial charge is 0.231 e. The molecule has 1 N–H and O–H groups in total. The zero-order valence-corrected chi connectivity index (χ0v) is 11.3. The fourth-order valence-electron chi connectivity index (χ4n) is 2.10. The van der Waals surface area contributed by atoms with E-state index in [2.05, 4.69) is 5.32 Å². The zero-order chi connectivity index (χ0) is 13.2. The number of anilines is 1. The van der Waals surface area contributed by atoms with Crippen molar-refractivity contribution in [2.24, 2.45) is 0 Å². The van der Waals surface area contributed by atoms with Crippen molar-refractivity contribution in [1.82, 2.24) is 0 Å². The maximum Gasteiger partial charge on any atom is 0.231 e. The van der Waals surface area contributed by atoms with Crippen molar-refractivity contribution in [1.29, 1.82) is 0 Å². The SMILES string of the molecule is Cc1cccc(Cl)c1NCc1ccc2c(c1)OCO2. The molecular formula is C15H14ClNO2. The van der Waals surface area contributed by atoms with Gasteiger partial charge in [-0.2, -0.15) is 0 Å². The van der Waals surface area contributed by atoms with Crippen molar-refractivity contribution < 1.29 is 9.47 Å². The van der Waals surface area contributed by atoms with Crippen LogP contribution in [0.15, 0.2) is 36.4 Å². The number of benzene rings is 2. The Labute approximate surface area is 117 Å². The quantitative estimate of drug-likeness (QED) is 0.919. The largest absolute Gasteiger partial charge is 0.454 e. The number of aryl methyl sites for hydroxylation is 1. The van der Waals surface area contributed by atoms with Gasteiger partial charge in [0.25, 0.3) is 0 Å². The normalized spacial score (nSPS) is 12.5. The number of hydrogen-bond acceptors (Lipinski definition) is 3. The molecule has 1 heterocycles. The molecular weight excluding hydrogens is 262 g/mol. The monoisotopic (exact) mass is 275 g/mol. The summed E-state index contributed by atoms with van der Waals surface area (Å²) in [5.41, 5.74) is 3.23. The van der Waals surface area contributed by atoms with Gasteiger partial charge in [-0.25, -0.2) is 0 Å². The Kier molecular flexibility index (Phi) is 3.22. The van der Waals surface area contributed by atoms with E-state index in [0.717, 1.165) is 33.3 Å². The second-order valence-corrected chi connectivity index (χ2v) is 4.88. The van der Waals surface area contributed by atoms with E-state index in [1.54, 1.807) is 0 Å². The summed E-state index contributed by atoms with van der Waals surface area (Å²) < 4.78 is 10.7. The van der Waals surface area contributed by atoms with Crippen molar-refractivity contribution in [3.05, 3.63) is 52.5 Å². The number of halogens is 1. The number of para-hydroxylation sites is 1. The van der Waals surface area contributed by atoms with Gasteiger partial charge < -0.3 is 14.8 Å². The Bertz CT molecular complexity index is 593. The van der Waals surface area contributed by atoms with Crippen LogP contribution in [0.25, 0.3) is 0 Å². The first kappa shape index (κ1) is 12.2. The average Bonchev–Trinajstić information content (AvgIpc) is 2.85. The molecule has 2 aromatic rings. The molecule has 0 fully saturated rings. The van der Waals surface area contributed by atoms with Crippen LogP contribution in [-0.2, 0) is 6.54 Å². The molecule has 3 rings (SSSR count). The van der Waals surface area contributed by atoms with Gasteiger partial charge in [-0.15, -0.1) is 0 Å². The Balaban J connectivity index is 1.76. The lowest BCUT2D eigenvalue weighted by molar-refractivity contribution is 0.174. The average molecular weight is 276 g/mol. The fraction of sp³-hybridized carbons (Fsp3) is 0.200. The molecule has 2 aromatic carbocycles. The van der Waals surface area contributed by atoms with Crippen LogP contribution < -0.4 is 14.8 Å². The van der Waals surface area contributed by atoms with Gasteiger partial charge in [0.15, 0.2) is 11.5 Å². The van der Waals surface area contributed by atoms with Crippen LogP contribution in [0, 0.1) is 6.92 Å². The molecule has 0 radical (unpaired) electrons. The first-order valence-corrected chi connectivity index (χ1v) is 6.49. The van der Waals surface area contributed by atoms with Crippen molar-refractivity contribution in [3.8, 4) is 11.5 Å². The highest BCUT2D eigenvalue weighted by Gasteiger charge is 2.13. The van der Waals surface area contributed by atoms with Crippen LogP contribution in [0.3, 0.4) is 0 Å². The van der Waals surface area contributed by atoms with E-state index in [1.807, 2.05) is 43.3 Å². The topological polar surface area (TPSA) is 30.5 Å². The van der Waals surface area contributed by atoms with Crippen LogP contribution in [0.1, 0.15) is 11.1 Å². The van der Waals surface area contributed by atoms with Gasteiger partial charge in [0.1, 0.15) is 0 Å². The maximum atomic E-state index is 6.18. The first-order chi connectivity index (χ1) is 9.24. The summed E-state index contributed by atoms with van der Waals surface area (Å²) in [4.78, 5) is 0. The Morgan fingerprint density at radius 2 is 2.00 bits per heavy atom. The fourth-order valence-corrected chi connectivity index (χ4v) is 2.39. The molecule has 1 aliphatic rings. The van der Waals surface area contributed by atoms with E-state index >= 15 is 0 Å². The van der Waals surface area contributed by atoms with Crippen LogP contribution >= 0.6 is 11.6 Å². The summed E-state index contributed by atoms with van der Waals surface area (Å²) >= 11 is 6.18. The molecule has 0 spiro atoms. The van der Waals surface area contributed by atoms with E-state index in [9.17, 15) is 0 Å². The molecule has 0 saturated carbocycles. The van der Waals surface area contributed by atoms with Gasteiger partial charge in [0, 0.05) is 6.54 Å². The van der Waals surface area contributed by atoms with Crippen LogP contribution in [0.4, 0.5) is 5.69 Å². The first-order valence-electron chi connectivity index (χ1n) is 6.11. The number of ether oxygens (including phenoxy) is 2. The molecule has 0 saturated heterocycles. The van der Waals surface area contributed by atoms with Crippen molar-refractivity contribution >= 4 is 17.3 Å². The molecule has 0 amide bonds. The standard InChI is InChI=1S/C15H14ClNO2/c1-10-3-2-4-12(16)15(10)17-8-11-5-6-13-14(7-11)19-9-18-13/h2-7,17H,8-9H2,1H3. The Hall–Kier alpha value is -1.87. The minimum Gasteiger partial charge on any atom is -0.454 e. The highest BCUT2D eigenvalue weighted by atomic mass is 35.5. The summed E-state index contributed by atoms with van der Waals surface area (Å²) in [6.07, 6.45) is 0. The van der Waals surface area contributed by atoms with Gasteiger partial charge in [-0.1, -0.05) is 29.8 Å². The van der Waals surface area contributed by atoms with Crippen LogP contribution in [-0.4, -0.2) is 6.79 Å². The van der Waals surface area contributed by atoms with Gasteiger partial charge in [-0.3, -0.25) is 0 Å². The van der Waals surface area contributed by atoms with Gasteiger partial charge >= 0.3 is 0 Å². The zero-order valence-electron chi connectivity index (χ0n) is 10.6. The molecule has 0 aliphatic carbocycles. The number of rotatable bonds is 3. The molecule has 1 aliphatic heterocycles. The Morgan fingerprint density at radius 1 is 1.16 bits per heavy atom. The maximum absolute atomic E-state index is 6.18. The summed E-state index contributed by atoms with van der Waals surface area (Å²) in [6, 6.07) is 11.8. The summed E-state index contributed by atoms with van der Waals surface area (Å²) in [6.45, 7) is 3.03. The molecule has 98 valence electrons. The van der Waals surface area contributed by atoms with Crippen molar-refractivity contribution in [2.45, 2.75) is 13.5 Å². The molecule has 0 atom stereocenters. The predicted octanol–water partition coefficient (Wildman–Crippen LogP) is 3.99. The molecule has 0 bridgehead atoms. The van der Waals surface area contributed by atoms with Gasteiger partial charge in [-0.05, 0) is 36.2 Å². The second-order valence-electron chi connectivity index (χ2n) is 4.47. The van der Waals surface area contributed by atoms with Gasteiger partial charge in [0.05, 0.1) is 10.7 Å². The number of fused-ring (bicyclic) bond motifs is 1. The van der Waals surface area contributed by atoms with E-state index in [1.165, 1.54) is 0 Å². The minimum absolute atomic E-state index is 0.301. The third kappa shape index (κ3) is 2.47. The van der Waals surface area contributed by atoms with Crippen molar-refractivity contribution in [2.75, 3.05) is 12.1 Å². The third-order valence-corrected chi connectivity index (χ3v) is 3.44. The van der Waals surface area contributed by atoms with Crippen LogP contribution in [0.5, 0.6) is 11.5 Å². The Morgan fingerprint density at radius 3 is 2.84 bits per heavy atom. The lowest BCUT2D eigenvalue weighted by atomic mass is 10.1. The van der Waals surface area contributed by atoms with Crippen LogP contribution in [0.2, 0.25) is 5.02 Å². The van der Waals surface area contributed by atoms with E-state index < -0.39 is 0 Å². The number of hydrogen-bond donors (Lipinski definition) is 1. The van der Waals surface area contributed by atoms with E-state index in [4.69, 9.17) is 21.1 Å². The summed E-state index contributed by atoms with van der Waals surface area (Å²) in [5, 5.41) is 4.10. The predicted molar refractivity (Wildman–Crippen MR) is 76.1 cm³/mol. The third-order valence-electron chi connectivity index (χ3n) is 3.13. The van der Waals surface area contributed by atoms with E-state index in [0.29, 0.717) is 13.3 Å². The minimum atomic E-state index is 0.301. The second kappa shape index (κ2) is 5.02. The highest BCUT2D eigenvalue weighted by molar-refractivity contribution is 6.33.